The van der Waals surface area contributed by atoms with Crippen LogP contribution in [0.4, 0.5) is 0 Å². The molecule has 3 nitrogen and oxygen atoms in total. The molecule has 1 N–H and O–H groups in total. The van der Waals surface area contributed by atoms with E-state index in [1.807, 2.05) is 0 Å². The molecule has 3 atom stereocenters. The number of likely N-dealkylation sites (tertiary alicyclic amines) is 1. The Morgan fingerprint density at radius 1 is 1.28 bits per heavy atom. The molecular formula is C15H28N2O. The van der Waals surface area contributed by atoms with Crippen LogP contribution >= 0.6 is 0 Å². The van der Waals surface area contributed by atoms with Crippen molar-refractivity contribution in [3.63, 3.8) is 0 Å². The Morgan fingerprint density at radius 2 is 2.00 bits per heavy atom. The van der Waals surface area contributed by atoms with E-state index in [0.29, 0.717) is 23.2 Å². The highest BCUT2D eigenvalue weighted by Crippen LogP contribution is 2.34. The maximum absolute atomic E-state index is 12.5. The monoisotopic (exact) mass is 252 g/mol. The van der Waals surface area contributed by atoms with Crippen LogP contribution in [-0.2, 0) is 4.79 Å². The van der Waals surface area contributed by atoms with Gasteiger partial charge in [-0.05, 0) is 43.1 Å². The minimum absolute atomic E-state index is 0.0671. The Hall–Kier alpha value is -0.570. The molecule has 0 spiro atoms. The number of amides is 1. The largest absolute Gasteiger partial charge is 0.341 e. The van der Waals surface area contributed by atoms with Crippen molar-refractivity contribution >= 4 is 5.91 Å². The van der Waals surface area contributed by atoms with Crippen LogP contribution in [0.2, 0.25) is 0 Å². The van der Waals surface area contributed by atoms with Crippen LogP contribution in [0, 0.1) is 17.3 Å². The zero-order chi connectivity index (χ0) is 13.3. The molecule has 0 aromatic heterocycles. The van der Waals surface area contributed by atoms with E-state index in [4.69, 9.17) is 0 Å². The van der Waals surface area contributed by atoms with E-state index in [-0.39, 0.29) is 6.04 Å². The molecule has 2 fully saturated rings. The standard InChI is InChI=1S/C15H28N2O/c1-11-6-5-8-16-13(11)14(18)17-9-7-12(10-17)15(2,3)4/h11-13,16H,5-10H2,1-4H3. The first-order valence-electron chi connectivity index (χ1n) is 7.42. The lowest BCUT2D eigenvalue weighted by Crippen LogP contribution is -2.51. The third kappa shape index (κ3) is 2.87. The van der Waals surface area contributed by atoms with E-state index >= 15 is 0 Å². The lowest BCUT2D eigenvalue weighted by Gasteiger charge is -2.33. The fourth-order valence-electron chi connectivity index (χ4n) is 3.24. The maximum Gasteiger partial charge on any atom is 0.239 e. The van der Waals surface area contributed by atoms with Crippen molar-refractivity contribution in [2.45, 2.75) is 53.0 Å². The number of carbonyl (C=O) groups excluding carboxylic acids is 1. The van der Waals surface area contributed by atoms with Crippen LogP contribution in [0.25, 0.3) is 0 Å². The molecule has 0 aromatic carbocycles. The predicted molar refractivity (Wildman–Crippen MR) is 74.3 cm³/mol. The summed E-state index contributed by atoms with van der Waals surface area (Å²) in [4.78, 5) is 14.6. The number of nitrogens with zero attached hydrogens (tertiary/aromatic N) is 1. The second-order valence-electron chi connectivity index (χ2n) is 7.19. The van der Waals surface area contributed by atoms with E-state index in [9.17, 15) is 4.79 Å². The lowest BCUT2D eigenvalue weighted by atomic mass is 9.80. The van der Waals surface area contributed by atoms with Crippen molar-refractivity contribution in [1.82, 2.24) is 10.2 Å². The van der Waals surface area contributed by atoms with Crippen molar-refractivity contribution in [3.8, 4) is 0 Å². The Kier molecular flexibility index (Phi) is 4.00. The minimum Gasteiger partial charge on any atom is -0.341 e. The Bertz CT molecular complexity index is 308. The Labute approximate surface area is 111 Å². The Morgan fingerprint density at radius 3 is 2.56 bits per heavy atom. The minimum atomic E-state index is 0.0671. The Balaban J connectivity index is 1.94. The topological polar surface area (TPSA) is 32.3 Å². The zero-order valence-corrected chi connectivity index (χ0v) is 12.3. The summed E-state index contributed by atoms with van der Waals surface area (Å²) in [6.07, 6.45) is 3.55. The molecule has 1 amide bonds. The summed E-state index contributed by atoms with van der Waals surface area (Å²) in [5.41, 5.74) is 0.320. The average molecular weight is 252 g/mol. The van der Waals surface area contributed by atoms with Gasteiger partial charge in [0.1, 0.15) is 0 Å². The number of piperidine rings is 1. The van der Waals surface area contributed by atoms with Gasteiger partial charge in [-0.3, -0.25) is 4.79 Å². The number of rotatable bonds is 1. The van der Waals surface area contributed by atoms with Gasteiger partial charge in [0.15, 0.2) is 0 Å². The predicted octanol–water partition coefficient (Wildman–Crippen LogP) is 2.27. The van der Waals surface area contributed by atoms with Gasteiger partial charge < -0.3 is 10.2 Å². The molecule has 2 aliphatic heterocycles. The second-order valence-corrected chi connectivity index (χ2v) is 7.19. The molecule has 104 valence electrons. The van der Waals surface area contributed by atoms with E-state index in [0.717, 1.165) is 26.1 Å². The third-order valence-electron chi connectivity index (χ3n) is 4.76. The SMILES string of the molecule is CC1CCCNC1C(=O)N1CCC(C(C)(C)C)C1. The number of hydrogen-bond donors (Lipinski definition) is 1. The van der Waals surface area contributed by atoms with Crippen molar-refractivity contribution in [3.05, 3.63) is 0 Å². The van der Waals surface area contributed by atoms with Gasteiger partial charge in [0, 0.05) is 13.1 Å². The van der Waals surface area contributed by atoms with Crippen molar-refractivity contribution in [2.24, 2.45) is 17.3 Å². The molecule has 2 rings (SSSR count). The molecule has 3 heteroatoms. The van der Waals surface area contributed by atoms with Gasteiger partial charge in [-0.1, -0.05) is 27.7 Å². The third-order valence-corrected chi connectivity index (χ3v) is 4.76. The van der Waals surface area contributed by atoms with E-state index in [1.165, 1.54) is 12.8 Å². The molecule has 2 heterocycles. The molecule has 0 bridgehead atoms. The van der Waals surface area contributed by atoms with E-state index < -0.39 is 0 Å². The summed E-state index contributed by atoms with van der Waals surface area (Å²) >= 11 is 0. The first-order valence-corrected chi connectivity index (χ1v) is 7.42. The summed E-state index contributed by atoms with van der Waals surface area (Å²) in [6.45, 7) is 12.0. The highest BCUT2D eigenvalue weighted by atomic mass is 16.2. The highest BCUT2D eigenvalue weighted by Gasteiger charge is 2.37. The van der Waals surface area contributed by atoms with E-state index in [2.05, 4.69) is 37.9 Å². The molecule has 0 radical (unpaired) electrons. The van der Waals surface area contributed by atoms with Crippen LogP contribution < -0.4 is 5.32 Å². The number of hydrogen-bond acceptors (Lipinski definition) is 2. The first-order chi connectivity index (χ1) is 8.39. The van der Waals surface area contributed by atoms with Crippen LogP contribution in [0.5, 0.6) is 0 Å². The second kappa shape index (κ2) is 5.20. The smallest absolute Gasteiger partial charge is 0.239 e. The normalized spacial score (nSPS) is 33.8. The molecular weight excluding hydrogens is 224 g/mol. The summed E-state index contributed by atoms with van der Waals surface area (Å²) < 4.78 is 0. The zero-order valence-electron chi connectivity index (χ0n) is 12.3. The van der Waals surface area contributed by atoms with Crippen LogP contribution in [0.15, 0.2) is 0 Å². The fourth-order valence-corrected chi connectivity index (χ4v) is 3.24. The summed E-state index contributed by atoms with van der Waals surface area (Å²) in [7, 11) is 0. The molecule has 0 aromatic rings. The van der Waals surface area contributed by atoms with Gasteiger partial charge in [-0.25, -0.2) is 0 Å². The fraction of sp³-hybridized carbons (Fsp3) is 0.933. The summed E-state index contributed by atoms with van der Waals surface area (Å²) in [5, 5.41) is 3.41. The van der Waals surface area contributed by atoms with Crippen LogP contribution in [0.1, 0.15) is 47.0 Å². The molecule has 2 saturated heterocycles. The van der Waals surface area contributed by atoms with Gasteiger partial charge in [0.25, 0.3) is 0 Å². The van der Waals surface area contributed by atoms with Crippen molar-refractivity contribution in [1.29, 1.82) is 0 Å². The quantitative estimate of drug-likeness (QED) is 0.776. The highest BCUT2D eigenvalue weighted by molar-refractivity contribution is 5.82. The molecule has 3 unspecified atom stereocenters. The van der Waals surface area contributed by atoms with Gasteiger partial charge in [-0.2, -0.15) is 0 Å². The van der Waals surface area contributed by atoms with Crippen molar-refractivity contribution in [2.75, 3.05) is 19.6 Å². The average Bonchev–Trinajstić information content (AvgIpc) is 2.77. The van der Waals surface area contributed by atoms with Crippen molar-refractivity contribution < 1.29 is 4.79 Å². The van der Waals surface area contributed by atoms with Gasteiger partial charge in [0.2, 0.25) is 5.91 Å². The molecule has 2 aliphatic rings. The summed E-state index contributed by atoms with van der Waals surface area (Å²) in [5.74, 6) is 1.48. The molecule has 0 saturated carbocycles. The molecule has 18 heavy (non-hydrogen) atoms. The van der Waals surface area contributed by atoms with E-state index in [1.54, 1.807) is 0 Å². The van der Waals surface area contributed by atoms with Gasteiger partial charge in [-0.15, -0.1) is 0 Å². The maximum atomic E-state index is 12.5. The molecule has 0 aliphatic carbocycles. The summed E-state index contributed by atoms with van der Waals surface area (Å²) in [6, 6.07) is 0.0671. The van der Waals surface area contributed by atoms with Gasteiger partial charge >= 0.3 is 0 Å². The lowest BCUT2D eigenvalue weighted by molar-refractivity contribution is -0.134. The van der Waals surface area contributed by atoms with Crippen LogP contribution in [0.3, 0.4) is 0 Å². The van der Waals surface area contributed by atoms with Crippen LogP contribution in [-0.4, -0.2) is 36.5 Å². The first kappa shape index (κ1) is 13.9. The number of carbonyl (C=O) groups is 1. The number of nitrogens with one attached hydrogen (secondary N) is 1. The van der Waals surface area contributed by atoms with Gasteiger partial charge in [0.05, 0.1) is 6.04 Å².